The Morgan fingerprint density at radius 2 is 1.94 bits per heavy atom. The van der Waals surface area contributed by atoms with E-state index in [4.69, 9.17) is 21.3 Å². The number of benzene rings is 1. The summed E-state index contributed by atoms with van der Waals surface area (Å²) in [7, 11) is 1.93. The van der Waals surface area contributed by atoms with E-state index in [1.54, 1.807) is 0 Å². The molecule has 0 amide bonds. The van der Waals surface area contributed by atoms with Crippen LogP contribution in [0.4, 0.5) is 0 Å². The lowest BCUT2D eigenvalue weighted by molar-refractivity contribution is -0.169. The Bertz CT molecular complexity index is 1130. The number of aromatic nitrogens is 2. The van der Waals surface area contributed by atoms with Crippen LogP contribution >= 0.6 is 27.5 Å². The molecule has 4 rings (SSSR count). The number of rotatable bonds is 5. The third kappa shape index (κ3) is 5.67. The fourth-order valence-corrected chi connectivity index (χ4v) is 5.86. The molecule has 1 saturated carbocycles. The van der Waals surface area contributed by atoms with Gasteiger partial charge >= 0.3 is 5.97 Å². The molecule has 190 valence electrons. The highest BCUT2D eigenvalue weighted by Gasteiger charge is 2.42. The first kappa shape index (κ1) is 26.4. The number of halogens is 2. The maximum Gasteiger partial charge on any atom is 0.312 e. The van der Waals surface area contributed by atoms with Crippen molar-refractivity contribution in [3.63, 3.8) is 0 Å². The summed E-state index contributed by atoms with van der Waals surface area (Å²) >= 11 is 9.81. The average molecular weight is 565 g/mol. The minimum atomic E-state index is -0.462. The van der Waals surface area contributed by atoms with Gasteiger partial charge in [0.15, 0.2) is 5.82 Å². The number of hydrogen-bond donors (Lipinski definition) is 0. The zero-order valence-corrected chi connectivity index (χ0v) is 23.6. The zero-order chi connectivity index (χ0) is 25.5. The van der Waals surface area contributed by atoms with Crippen molar-refractivity contribution in [1.29, 1.82) is 0 Å². The first-order valence-corrected chi connectivity index (χ1v) is 13.5. The number of ketones is 1. The van der Waals surface area contributed by atoms with Crippen molar-refractivity contribution in [2.45, 2.75) is 84.4 Å². The minimum Gasteiger partial charge on any atom is -0.460 e. The van der Waals surface area contributed by atoms with Gasteiger partial charge < -0.3 is 9.30 Å². The van der Waals surface area contributed by atoms with Gasteiger partial charge in [-0.3, -0.25) is 14.5 Å². The number of carbonyl (C=O) groups excluding carboxylic acids is 2. The topological polar surface area (TPSA) is 64.4 Å². The molecule has 8 heteroatoms. The van der Waals surface area contributed by atoms with Crippen molar-refractivity contribution in [2.75, 3.05) is 6.54 Å². The van der Waals surface area contributed by atoms with E-state index in [2.05, 4.69) is 20.8 Å². The molecule has 2 heterocycles. The van der Waals surface area contributed by atoms with Gasteiger partial charge in [0.2, 0.25) is 5.78 Å². The number of imidazole rings is 1. The van der Waals surface area contributed by atoms with Crippen LogP contribution in [0.2, 0.25) is 5.02 Å². The van der Waals surface area contributed by atoms with E-state index in [0.717, 1.165) is 66.6 Å². The molecule has 35 heavy (non-hydrogen) atoms. The van der Waals surface area contributed by atoms with Gasteiger partial charge in [0.25, 0.3) is 0 Å². The molecule has 6 nitrogen and oxygen atoms in total. The summed E-state index contributed by atoms with van der Waals surface area (Å²) in [5, 5.41) is 0.571. The van der Waals surface area contributed by atoms with Crippen LogP contribution in [0, 0.1) is 5.41 Å². The molecule has 0 atom stereocenters. The highest BCUT2D eigenvalue weighted by Crippen LogP contribution is 2.40. The van der Waals surface area contributed by atoms with E-state index in [-0.39, 0.29) is 18.2 Å². The fraction of sp³-hybridized carbons (Fsp3) is 0.593. The van der Waals surface area contributed by atoms with Crippen LogP contribution in [-0.4, -0.2) is 44.4 Å². The van der Waals surface area contributed by atoms with Crippen LogP contribution in [0.3, 0.4) is 0 Å². The quantitative estimate of drug-likeness (QED) is 0.334. The lowest BCUT2D eigenvalue weighted by Crippen LogP contribution is -2.46. The van der Waals surface area contributed by atoms with Gasteiger partial charge in [-0.05, 0) is 80.9 Å². The maximum absolute atomic E-state index is 13.1. The fourth-order valence-electron chi connectivity index (χ4n) is 5.26. The second-order valence-electron chi connectivity index (χ2n) is 11.2. The number of esters is 1. The zero-order valence-electron chi connectivity index (χ0n) is 21.3. The summed E-state index contributed by atoms with van der Waals surface area (Å²) in [4.78, 5) is 33.1. The molecule has 1 fully saturated rings. The highest BCUT2D eigenvalue weighted by molar-refractivity contribution is 9.10. The van der Waals surface area contributed by atoms with Gasteiger partial charge in [-0.2, -0.15) is 0 Å². The van der Waals surface area contributed by atoms with Crippen LogP contribution in [0.5, 0.6) is 0 Å². The number of fused-ring (bicyclic) bond motifs is 1. The number of ether oxygens (including phenoxy) is 1. The molecule has 0 spiro atoms. The summed E-state index contributed by atoms with van der Waals surface area (Å²) in [6.07, 6.45) is 4.67. The molecule has 1 aliphatic carbocycles. The summed E-state index contributed by atoms with van der Waals surface area (Å²) in [5.74, 6) is 0.385. The number of carbonyl (C=O) groups is 2. The normalized spacial score (nSPS) is 23.1. The van der Waals surface area contributed by atoms with Gasteiger partial charge in [0, 0.05) is 49.2 Å². The molecule has 1 aromatic carbocycles. The Balaban J connectivity index is 1.41. The second kappa shape index (κ2) is 9.98. The van der Waals surface area contributed by atoms with Gasteiger partial charge in [-0.1, -0.05) is 23.7 Å². The van der Waals surface area contributed by atoms with Crippen LogP contribution in [-0.2, 0) is 36.0 Å². The van der Waals surface area contributed by atoms with Crippen LogP contribution in [0.1, 0.15) is 80.9 Å². The van der Waals surface area contributed by atoms with Crippen molar-refractivity contribution < 1.29 is 14.3 Å². The van der Waals surface area contributed by atoms with Crippen molar-refractivity contribution in [2.24, 2.45) is 12.5 Å². The molecule has 1 aliphatic heterocycles. The Morgan fingerprint density at radius 1 is 1.26 bits per heavy atom. The predicted octanol–water partition coefficient (Wildman–Crippen LogP) is 5.91. The summed E-state index contributed by atoms with van der Waals surface area (Å²) < 4.78 is 8.44. The Morgan fingerprint density at radius 3 is 2.60 bits per heavy atom. The molecule has 0 saturated heterocycles. The molecule has 0 radical (unpaired) electrons. The molecule has 2 aliphatic rings. The van der Waals surface area contributed by atoms with Gasteiger partial charge in [0.05, 0.1) is 16.1 Å². The van der Waals surface area contributed by atoms with E-state index < -0.39 is 11.0 Å². The Labute approximate surface area is 221 Å². The monoisotopic (exact) mass is 563 g/mol. The predicted molar refractivity (Wildman–Crippen MR) is 141 cm³/mol. The third-order valence-electron chi connectivity index (χ3n) is 7.38. The first-order valence-electron chi connectivity index (χ1n) is 12.4. The van der Waals surface area contributed by atoms with Crippen molar-refractivity contribution in [1.82, 2.24) is 14.5 Å². The van der Waals surface area contributed by atoms with E-state index >= 15 is 0 Å². The molecular formula is C27H35BrClN3O3. The summed E-state index contributed by atoms with van der Waals surface area (Å²) in [5.41, 5.74) is 2.05. The van der Waals surface area contributed by atoms with E-state index in [0.29, 0.717) is 16.9 Å². The third-order valence-corrected chi connectivity index (χ3v) is 8.72. The van der Waals surface area contributed by atoms with Crippen molar-refractivity contribution in [3.8, 4) is 0 Å². The van der Waals surface area contributed by atoms with E-state index in [1.807, 2.05) is 57.5 Å². The standard InChI is InChI=1S/C27H35BrClN3O3/c1-26(2,3)35-25(34)27(4)12-9-18(10-13-27)32-14-11-21-20(16-32)30-24(31(21)5)22(33)15-17-7-6-8-19(28)23(17)29/h6-8,18H,9-16H2,1-5H3. The van der Waals surface area contributed by atoms with Gasteiger partial charge in [-0.25, -0.2) is 4.98 Å². The molecule has 0 N–H and O–H groups in total. The molecule has 0 unspecified atom stereocenters. The Kier molecular flexibility index (Phi) is 7.52. The van der Waals surface area contributed by atoms with Gasteiger partial charge in [-0.15, -0.1) is 0 Å². The van der Waals surface area contributed by atoms with Crippen molar-refractivity contribution >= 4 is 39.3 Å². The molecule has 0 bridgehead atoms. The lowest BCUT2D eigenvalue weighted by atomic mass is 9.73. The highest BCUT2D eigenvalue weighted by atomic mass is 79.9. The minimum absolute atomic E-state index is 0.0285. The van der Waals surface area contributed by atoms with Crippen LogP contribution in [0.25, 0.3) is 0 Å². The number of Topliss-reactive ketones (excluding diaryl/α,β-unsaturated/α-hetero) is 1. The summed E-state index contributed by atoms with van der Waals surface area (Å²) in [6, 6.07) is 6.05. The SMILES string of the molecule is Cn1c(C(=O)Cc2cccc(Br)c2Cl)nc2c1CCN(C1CCC(C)(C(=O)OC(C)(C)C)CC1)C2. The van der Waals surface area contributed by atoms with Crippen LogP contribution < -0.4 is 0 Å². The molecule has 2 aromatic rings. The van der Waals surface area contributed by atoms with Crippen LogP contribution in [0.15, 0.2) is 22.7 Å². The maximum atomic E-state index is 13.1. The smallest absolute Gasteiger partial charge is 0.312 e. The number of hydrogen-bond acceptors (Lipinski definition) is 5. The first-order chi connectivity index (χ1) is 16.4. The van der Waals surface area contributed by atoms with Crippen molar-refractivity contribution in [3.05, 3.63) is 50.5 Å². The van der Waals surface area contributed by atoms with E-state index in [1.165, 1.54) is 0 Å². The number of nitrogens with zero attached hydrogens (tertiary/aromatic N) is 3. The average Bonchev–Trinajstić information content (AvgIpc) is 3.12. The lowest BCUT2D eigenvalue weighted by Gasteiger charge is -2.42. The largest absolute Gasteiger partial charge is 0.460 e. The Hall–Kier alpha value is -1.70. The molecule has 1 aromatic heterocycles. The van der Waals surface area contributed by atoms with Gasteiger partial charge in [0.1, 0.15) is 5.60 Å². The summed E-state index contributed by atoms with van der Waals surface area (Å²) in [6.45, 7) is 9.48. The molecular weight excluding hydrogens is 530 g/mol. The van der Waals surface area contributed by atoms with E-state index in [9.17, 15) is 9.59 Å². The second-order valence-corrected chi connectivity index (χ2v) is 12.4.